The molecule has 2 aromatic carbocycles. The standard InChI is InChI=1S/C18H23NO2/c1-2-19-14-16-8-6-7-9-17(16)15-20-12-13-21-18-10-4-3-5-11-18/h3-11,19H,2,12-15H2,1H3. The average Bonchev–Trinajstić information content (AvgIpc) is 2.54. The summed E-state index contributed by atoms with van der Waals surface area (Å²) in [4.78, 5) is 0. The lowest BCUT2D eigenvalue weighted by molar-refractivity contribution is 0.0884. The van der Waals surface area contributed by atoms with Gasteiger partial charge in [-0.05, 0) is 29.8 Å². The van der Waals surface area contributed by atoms with Gasteiger partial charge in [0.05, 0.1) is 13.2 Å². The Bertz CT molecular complexity index is 514. The molecule has 21 heavy (non-hydrogen) atoms. The van der Waals surface area contributed by atoms with Gasteiger partial charge in [-0.3, -0.25) is 0 Å². The highest BCUT2D eigenvalue weighted by Gasteiger charge is 2.01. The highest BCUT2D eigenvalue weighted by Crippen LogP contribution is 2.11. The SMILES string of the molecule is CCNCc1ccccc1COCCOc1ccccc1. The zero-order chi connectivity index (χ0) is 14.8. The zero-order valence-corrected chi connectivity index (χ0v) is 12.5. The van der Waals surface area contributed by atoms with Crippen molar-refractivity contribution in [1.29, 1.82) is 0 Å². The Labute approximate surface area is 126 Å². The van der Waals surface area contributed by atoms with Gasteiger partial charge < -0.3 is 14.8 Å². The van der Waals surface area contributed by atoms with E-state index >= 15 is 0 Å². The number of nitrogens with one attached hydrogen (secondary N) is 1. The largest absolute Gasteiger partial charge is 0.491 e. The fourth-order valence-corrected chi connectivity index (χ4v) is 2.05. The number of benzene rings is 2. The van der Waals surface area contributed by atoms with Gasteiger partial charge in [0, 0.05) is 6.54 Å². The molecular formula is C18H23NO2. The number of hydrogen-bond donors (Lipinski definition) is 1. The molecule has 0 radical (unpaired) electrons. The number of rotatable bonds is 9. The number of para-hydroxylation sites is 1. The van der Waals surface area contributed by atoms with Crippen LogP contribution >= 0.6 is 0 Å². The van der Waals surface area contributed by atoms with E-state index in [1.165, 1.54) is 11.1 Å². The van der Waals surface area contributed by atoms with Crippen molar-refractivity contribution in [2.45, 2.75) is 20.1 Å². The van der Waals surface area contributed by atoms with E-state index in [-0.39, 0.29) is 0 Å². The van der Waals surface area contributed by atoms with Crippen LogP contribution in [0.15, 0.2) is 54.6 Å². The van der Waals surface area contributed by atoms with Crippen LogP contribution < -0.4 is 10.1 Å². The van der Waals surface area contributed by atoms with Gasteiger partial charge >= 0.3 is 0 Å². The highest BCUT2D eigenvalue weighted by molar-refractivity contribution is 5.26. The van der Waals surface area contributed by atoms with Crippen LogP contribution in [0.4, 0.5) is 0 Å². The maximum Gasteiger partial charge on any atom is 0.119 e. The summed E-state index contributed by atoms with van der Waals surface area (Å²) in [6.45, 7) is 5.75. The first-order valence-electron chi connectivity index (χ1n) is 7.43. The van der Waals surface area contributed by atoms with Crippen molar-refractivity contribution in [1.82, 2.24) is 5.32 Å². The van der Waals surface area contributed by atoms with E-state index in [1.54, 1.807) is 0 Å². The van der Waals surface area contributed by atoms with Crippen molar-refractivity contribution in [3.63, 3.8) is 0 Å². The van der Waals surface area contributed by atoms with Crippen LogP contribution in [0.25, 0.3) is 0 Å². The second-order valence-corrected chi connectivity index (χ2v) is 4.76. The summed E-state index contributed by atoms with van der Waals surface area (Å²) < 4.78 is 11.3. The van der Waals surface area contributed by atoms with Crippen LogP contribution in [0.5, 0.6) is 5.75 Å². The molecule has 0 fully saturated rings. The van der Waals surface area contributed by atoms with E-state index in [0.29, 0.717) is 19.8 Å². The molecule has 0 aromatic heterocycles. The first-order chi connectivity index (χ1) is 10.4. The molecule has 2 rings (SSSR count). The van der Waals surface area contributed by atoms with Gasteiger partial charge in [-0.2, -0.15) is 0 Å². The minimum absolute atomic E-state index is 0.569. The molecule has 0 unspecified atom stereocenters. The second-order valence-electron chi connectivity index (χ2n) is 4.76. The number of ether oxygens (including phenoxy) is 2. The van der Waals surface area contributed by atoms with E-state index in [2.05, 4.69) is 36.5 Å². The molecule has 2 aromatic rings. The van der Waals surface area contributed by atoms with Crippen molar-refractivity contribution >= 4 is 0 Å². The molecule has 0 heterocycles. The van der Waals surface area contributed by atoms with Gasteiger partial charge in [0.2, 0.25) is 0 Å². The lowest BCUT2D eigenvalue weighted by atomic mass is 10.1. The van der Waals surface area contributed by atoms with Crippen LogP contribution in [-0.4, -0.2) is 19.8 Å². The van der Waals surface area contributed by atoms with E-state index in [0.717, 1.165) is 18.8 Å². The minimum Gasteiger partial charge on any atom is -0.491 e. The first kappa shape index (κ1) is 15.5. The Hall–Kier alpha value is -1.84. The molecule has 3 heteroatoms. The van der Waals surface area contributed by atoms with Gasteiger partial charge in [0.15, 0.2) is 0 Å². The van der Waals surface area contributed by atoms with Crippen molar-refractivity contribution < 1.29 is 9.47 Å². The van der Waals surface area contributed by atoms with E-state index in [9.17, 15) is 0 Å². The molecule has 3 nitrogen and oxygen atoms in total. The third kappa shape index (κ3) is 5.58. The molecule has 1 N–H and O–H groups in total. The van der Waals surface area contributed by atoms with Crippen molar-refractivity contribution in [2.75, 3.05) is 19.8 Å². The van der Waals surface area contributed by atoms with Gasteiger partial charge in [0.25, 0.3) is 0 Å². The van der Waals surface area contributed by atoms with Crippen LogP contribution in [0.3, 0.4) is 0 Å². The molecule has 0 saturated heterocycles. The third-order valence-corrected chi connectivity index (χ3v) is 3.18. The smallest absolute Gasteiger partial charge is 0.119 e. The van der Waals surface area contributed by atoms with Crippen molar-refractivity contribution in [2.24, 2.45) is 0 Å². The molecule has 0 spiro atoms. The fraction of sp³-hybridized carbons (Fsp3) is 0.333. The number of hydrogen-bond acceptors (Lipinski definition) is 3. The summed E-state index contributed by atoms with van der Waals surface area (Å²) in [5.41, 5.74) is 2.53. The molecule has 112 valence electrons. The van der Waals surface area contributed by atoms with Crippen LogP contribution in [0, 0.1) is 0 Å². The normalized spacial score (nSPS) is 10.5. The summed E-state index contributed by atoms with van der Waals surface area (Å²) in [6.07, 6.45) is 0. The van der Waals surface area contributed by atoms with Gasteiger partial charge in [-0.25, -0.2) is 0 Å². The molecule has 0 aliphatic rings. The van der Waals surface area contributed by atoms with Crippen LogP contribution in [-0.2, 0) is 17.9 Å². The lowest BCUT2D eigenvalue weighted by Gasteiger charge is -2.11. The average molecular weight is 285 g/mol. The highest BCUT2D eigenvalue weighted by atomic mass is 16.5. The summed E-state index contributed by atoms with van der Waals surface area (Å²) in [5.74, 6) is 0.883. The lowest BCUT2D eigenvalue weighted by Crippen LogP contribution is -2.14. The Kier molecular flexibility index (Phi) is 6.78. The molecule has 0 amide bonds. The van der Waals surface area contributed by atoms with Gasteiger partial charge in [-0.15, -0.1) is 0 Å². The zero-order valence-electron chi connectivity index (χ0n) is 12.5. The topological polar surface area (TPSA) is 30.5 Å². The predicted molar refractivity (Wildman–Crippen MR) is 85.4 cm³/mol. The molecule has 0 saturated carbocycles. The predicted octanol–water partition coefficient (Wildman–Crippen LogP) is 3.39. The minimum atomic E-state index is 0.569. The fourth-order valence-electron chi connectivity index (χ4n) is 2.05. The van der Waals surface area contributed by atoms with E-state index in [4.69, 9.17) is 9.47 Å². The van der Waals surface area contributed by atoms with E-state index in [1.807, 2.05) is 30.3 Å². The second kappa shape index (κ2) is 9.16. The summed E-state index contributed by atoms with van der Waals surface area (Å²) in [6, 6.07) is 18.2. The Morgan fingerprint density at radius 2 is 1.57 bits per heavy atom. The quantitative estimate of drug-likeness (QED) is 0.716. The monoisotopic (exact) mass is 285 g/mol. The molecule has 0 aliphatic carbocycles. The Morgan fingerprint density at radius 1 is 0.857 bits per heavy atom. The molecular weight excluding hydrogens is 262 g/mol. The summed E-state index contributed by atoms with van der Waals surface area (Å²) in [7, 11) is 0. The maximum absolute atomic E-state index is 5.71. The van der Waals surface area contributed by atoms with Gasteiger partial charge in [0.1, 0.15) is 12.4 Å². The first-order valence-corrected chi connectivity index (χ1v) is 7.43. The Balaban J connectivity index is 1.71. The Morgan fingerprint density at radius 3 is 2.33 bits per heavy atom. The van der Waals surface area contributed by atoms with Crippen molar-refractivity contribution in [3.8, 4) is 5.75 Å². The maximum atomic E-state index is 5.71. The van der Waals surface area contributed by atoms with E-state index < -0.39 is 0 Å². The summed E-state index contributed by atoms with van der Waals surface area (Å²) in [5, 5.41) is 3.35. The summed E-state index contributed by atoms with van der Waals surface area (Å²) >= 11 is 0. The third-order valence-electron chi connectivity index (χ3n) is 3.18. The van der Waals surface area contributed by atoms with Gasteiger partial charge in [-0.1, -0.05) is 49.4 Å². The molecule has 0 atom stereocenters. The van der Waals surface area contributed by atoms with Crippen LogP contribution in [0.1, 0.15) is 18.1 Å². The van der Waals surface area contributed by atoms with Crippen molar-refractivity contribution in [3.05, 3.63) is 65.7 Å². The molecule has 0 aliphatic heterocycles. The molecule has 0 bridgehead atoms. The van der Waals surface area contributed by atoms with Crippen LogP contribution in [0.2, 0.25) is 0 Å².